The van der Waals surface area contributed by atoms with Crippen LogP contribution in [0, 0.1) is 23.2 Å². The smallest absolute Gasteiger partial charge is 0.411 e. The fourth-order valence-electron chi connectivity index (χ4n) is 8.28. The molecular weight excluding hydrogens is 600 g/mol. The summed E-state index contributed by atoms with van der Waals surface area (Å²) in [5.41, 5.74) is -1.73. The average molecular weight is 655 g/mol. The Morgan fingerprint density at radius 2 is 1.72 bits per heavy atom. The Hall–Kier alpha value is -2.09. The summed E-state index contributed by atoms with van der Waals surface area (Å²) in [4.78, 5) is 30.6. The zero-order valence-corrected chi connectivity index (χ0v) is 27.5. The quantitative estimate of drug-likeness (QED) is 0.121. The van der Waals surface area contributed by atoms with E-state index in [1.54, 1.807) is 9.80 Å². The maximum absolute atomic E-state index is 13.8. The number of rotatable bonds is 16. The van der Waals surface area contributed by atoms with Gasteiger partial charge in [0.2, 0.25) is 5.91 Å². The number of nitrogens with zero attached hydrogens (tertiary/aromatic N) is 3. The zero-order chi connectivity index (χ0) is 33.7. The number of hydrogen-bond acceptors (Lipinski definition) is 12. The third-order valence-corrected chi connectivity index (χ3v) is 9.92. The van der Waals surface area contributed by atoms with Gasteiger partial charge in [0.05, 0.1) is 49.7 Å². The van der Waals surface area contributed by atoms with Crippen molar-refractivity contribution in [2.24, 2.45) is 11.8 Å². The molecule has 4 bridgehead atoms. The Kier molecular flexibility index (Phi) is 12.3. The number of aliphatic hydroxyl groups is 5. The molecule has 0 spiro atoms. The van der Waals surface area contributed by atoms with Gasteiger partial charge in [0.1, 0.15) is 36.5 Å². The second-order valence-corrected chi connectivity index (χ2v) is 14.8. The molecule has 1 aliphatic heterocycles. The summed E-state index contributed by atoms with van der Waals surface area (Å²) < 4.78 is 18.1. The number of nitriles is 1. The first kappa shape index (κ1) is 36.7. The lowest BCUT2D eigenvalue weighted by Gasteiger charge is -2.64. The van der Waals surface area contributed by atoms with E-state index in [0.717, 1.165) is 38.5 Å². The molecule has 6 N–H and O–H groups in total. The van der Waals surface area contributed by atoms with Gasteiger partial charge in [-0.1, -0.05) is 0 Å². The molecule has 3 unspecified atom stereocenters. The van der Waals surface area contributed by atoms with E-state index >= 15 is 0 Å². The predicted octanol–water partition coefficient (Wildman–Crippen LogP) is -0.112. The highest BCUT2D eigenvalue weighted by molar-refractivity contribution is 5.83. The van der Waals surface area contributed by atoms with Gasteiger partial charge in [-0.05, 0) is 84.0 Å². The Bertz CT molecular complexity index is 1070. The molecule has 5 rings (SSSR count). The standard InChI is InChI=1S/C32H54N4O10/c1-30(2,3)46-29(43)36(18-26(40)35-7-4-5-23(35)16-33)31-12-21-11-22(13-31)15-32(14-21,20-31)45-10-9-44-8-6-34-17-24(38)27(41)28(42)25(39)19-37/h21-25,27-28,34,37-39,41-42H,4-15,17-20H2,1-3H3/t21-,22?,23-,24-,25+,27+,28+,31?,32?/m0/s1. The van der Waals surface area contributed by atoms with E-state index in [1.165, 1.54) is 0 Å². The first-order chi connectivity index (χ1) is 21.7. The van der Waals surface area contributed by atoms with Crippen molar-refractivity contribution in [2.75, 3.05) is 52.6 Å². The lowest BCUT2D eigenvalue weighted by Crippen LogP contribution is -2.68. The Morgan fingerprint density at radius 3 is 2.35 bits per heavy atom. The second kappa shape index (κ2) is 15.4. The second-order valence-electron chi connectivity index (χ2n) is 14.8. The van der Waals surface area contributed by atoms with E-state index in [4.69, 9.17) is 19.3 Å². The largest absolute Gasteiger partial charge is 0.444 e. The molecule has 5 aliphatic rings. The summed E-state index contributed by atoms with van der Waals surface area (Å²) >= 11 is 0. The van der Waals surface area contributed by atoms with Crippen LogP contribution in [0.5, 0.6) is 0 Å². The zero-order valence-electron chi connectivity index (χ0n) is 27.5. The molecule has 14 heteroatoms. The van der Waals surface area contributed by atoms with Crippen molar-refractivity contribution in [2.45, 2.75) is 119 Å². The van der Waals surface area contributed by atoms with Crippen molar-refractivity contribution in [3.63, 3.8) is 0 Å². The maximum Gasteiger partial charge on any atom is 0.411 e. The first-order valence-electron chi connectivity index (χ1n) is 16.7. The summed E-state index contributed by atoms with van der Waals surface area (Å²) in [7, 11) is 0. The lowest BCUT2D eigenvalue weighted by atomic mass is 9.50. The van der Waals surface area contributed by atoms with Crippen molar-refractivity contribution in [3.05, 3.63) is 0 Å². The monoisotopic (exact) mass is 654 g/mol. The minimum atomic E-state index is -1.67. The van der Waals surface area contributed by atoms with Gasteiger partial charge in [0, 0.05) is 19.6 Å². The summed E-state index contributed by atoms with van der Waals surface area (Å²) in [5.74, 6) is 0.510. The van der Waals surface area contributed by atoms with Crippen LogP contribution in [-0.2, 0) is 19.0 Å². The molecule has 1 heterocycles. The molecule has 46 heavy (non-hydrogen) atoms. The number of carbonyl (C=O) groups excluding carboxylic acids is 2. The third-order valence-electron chi connectivity index (χ3n) is 9.92. The number of hydrogen-bond donors (Lipinski definition) is 6. The highest BCUT2D eigenvalue weighted by Gasteiger charge is 2.62. The van der Waals surface area contributed by atoms with Gasteiger partial charge in [0.15, 0.2) is 0 Å². The van der Waals surface area contributed by atoms with Crippen molar-refractivity contribution in [3.8, 4) is 6.07 Å². The van der Waals surface area contributed by atoms with Crippen LogP contribution in [0.3, 0.4) is 0 Å². The van der Waals surface area contributed by atoms with Crippen LogP contribution < -0.4 is 5.32 Å². The average Bonchev–Trinajstić information content (AvgIpc) is 3.47. The van der Waals surface area contributed by atoms with Crippen molar-refractivity contribution in [1.82, 2.24) is 15.1 Å². The minimum absolute atomic E-state index is 0.0458. The lowest BCUT2D eigenvalue weighted by molar-refractivity contribution is -0.202. The molecule has 5 fully saturated rings. The Morgan fingerprint density at radius 1 is 1.04 bits per heavy atom. The molecule has 2 amide bonds. The van der Waals surface area contributed by atoms with Gasteiger partial charge in [0.25, 0.3) is 0 Å². The summed E-state index contributed by atoms with van der Waals surface area (Å²) in [6.07, 6.45) is -0.218. The minimum Gasteiger partial charge on any atom is -0.444 e. The summed E-state index contributed by atoms with van der Waals surface area (Å²) in [5, 5.41) is 60.5. The molecule has 0 aromatic rings. The van der Waals surface area contributed by atoms with Gasteiger partial charge in [-0.15, -0.1) is 0 Å². The summed E-state index contributed by atoms with van der Waals surface area (Å²) in [6, 6.07) is 1.76. The van der Waals surface area contributed by atoms with E-state index < -0.39 is 59.9 Å². The normalized spacial score (nSPS) is 31.3. The topological polar surface area (TPSA) is 205 Å². The number of carbonyl (C=O) groups is 2. The van der Waals surface area contributed by atoms with Crippen molar-refractivity contribution < 1.29 is 49.3 Å². The number of nitrogens with one attached hydrogen (secondary N) is 1. The van der Waals surface area contributed by atoms with Crippen LogP contribution in [0.4, 0.5) is 4.79 Å². The van der Waals surface area contributed by atoms with Gasteiger partial charge in [-0.3, -0.25) is 9.69 Å². The highest BCUT2D eigenvalue weighted by atomic mass is 16.6. The molecule has 0 radical (unpaired) electrons. The van der Waals surface area contributed by atoms with Crippen LogP contribution in [0.25, 0.3) is 0 Å². The molecule has 14 nitrogen and oxygen atoms in total. The van der Waals surface area contributed by atoms with Crippen LogP contribution in [-0.4, -0.2) is 147 Å². The fraction of sp³-hybridized carbons (Fsp3) is 0.906. The summed E-state index contributed by atoms with van der Waals surface area (Å²) in [6.45, 7) is 6.42. The molecular formula is C32H54N4O10. The van der Waals surface area contributed by atoms with Crippen molar-refractivity contribution >= 4 is 12.0 Å². The van der Waals surface area contributed by atoms with Crippen LogP contribution in [0.15, 0.2) is 0 Å². The number of amides is 2. The van der Waals surface area contributed by atoms with Crippen LogP contribution in [0.1, 0.15) is 72.1 Å². The third kappa shape index (κ3) is 8.87. The number of aliphatic hydroxyl groups excluding tert-OH is 5. The molecule has 0 aromatic carbocycles. The first-order valence-corrected chi connectivity index (χ1v) is 16.7. The van der Waals surface area contributed by atoms with E-state index in [-0.39, 0.29) is 19.0 Å². The van der Waals surface area contributed by atoms with Crippen LogP contribution in [0.2, 0.25) is 0 Å². The number of ether oxygens (including phenoxy) is 3. The van der Waals surface area contributed by atoms with E-state index in [0.29, 0.717) is 57.6 Å². The van der Waals surface area contributed by atoms with E-state index in [2.05, 4.69) is 11.4 Å². The maximum atomic E-state index is 13.8. The molecule has 1 saturated heterocycles. The Balaban J connectivity index is 1.31. The molecule has 4 saturated carbocycles. The van der Waals surface area contributed by atoms with Crippen molar-refractivity contribution in [1.29, 1.82) is 5.26 Å². The SMILES string of the molecule is CC(C)(C)OC(=O)N(CC(=O)N1CCC[C@H]1C#N)C12CC3C[C@H](CC(OCCOCCNC[C@H](O)[C@@H](O)[C@H](O)[C@H](O)CO)(C3)C1)C2. The molecule has 0 aromatic heterocycles. The Labute approximate surface area is 271 Å². The van der Waals surface area contributed by atoms with Gasteiger partial charge >= 0.3 is 6.09 Å². The highest BCUT2D eigenvalue weighted by Crippen LogP contribution is 2.61. The molecule has 262 valence electrons. The van der Waals surface area contributed by atoms with Gasteiger partial charge < -0.3 is 50.0 Å². The fourth-order valence-corrected chi connectivity index (χ4v) is 8.28. The molecule has 4 aliphatic carbocycles. The van der Waals surface area contributed by atoms with Gasteiger partial charge in [-0.2, -0.15) is 5.26 Å². The van der Waals surface area contributed by atoms with Crippen LogP contribution >= 0.6 is 0 Å². The van der Waals surface area contributed by atoms with E-state index in [9.17, 15) is 35.3 Å². The van der Waals surface area contributed by atoms with E-state index in [1.807, 2.05) is 20.8 Å². The van der Waals surface area contributed by atoms with Gasteiger partial charge in [-0.25, -0.2) is 4.79 Å². The number of likely N-dealkylation sites (tertiary alicyclic amines) is 1. The predicted molar refractivity (Wildman–Crippen MR) is 164 cm³/mol. The molecule has 9 atom stereocenters.